The van der Waals surface area contributed by atoms with Crippen molar-refractivity contribution in [2.75, 3.05) is 36.9 Å². The van der Waals surface area contributed by atoms with Crippen LogP contribution in [0.1, 0.15) is 22.3 Å². The predicted molar refractivity (Wildman–Crippen MR) is 138 cm³/mol. The van der Waals surface area contributed by atoms with Gasteiger partial charge in [0, 0.05) is 24.5 Å². The monoisotopic (exact) mass is 464 g/mol. The van der Waals surface area contributed by atoms with Gasteiger partial charge >= 0.3 is 0 Å². The molecule has 3 aromatic carbocycles. The molecule has 0 saturated carbocycles. The van der Waals surface area contributed by atoms with Crippen LogP contribution < -0.4 is 20.1 Å². The van der Waals surface area contributed by atoms with E-state index in [-0.39, 0.29) is 13.2 Å². The number of aliphatic hydroxyl groups is 2. The highest BCUT2D eigenvalue weighted by Crippen LogP contribution is 2.19. The average molecular weight is 465 g/mol. The van der Waals surface area contributed by atoms with Gasteiger partial charge in [0.2, 0.25) is 0 Å². The summed E-state index contributed by atoms with van der Waals surface area (Å²) < 4.78 is 11.4. The second-order valence-corrected chi connectivity index (χ2v) is 8.76. The topological polar surface area (TPSA) is 83.0 Å². The fourth-order valence-corrected chi connectivity index (χ4v) is 3.31. The number of aryl methyl sites for hydroxylation is 4. The SMILES string of the molecule is Cc1ccc(NC[C@@H](O)COc2ccc(OC[C@@H](O)CNc3ccc(C)c(C)c3)cc2)cc1C. The fraction of sp³-hybridized carbons (Fsp3) is 0.357. The minimum Gasteiger partial charge on any atom is -0.491 e. The van der Waals surface area contributed by atoms with E-state index in [9.17, 15) is 10.2 Å². The van der Waals surface area contributed by atoms with E-state index < -0.39 is 12.2 Å². The van der Waals surface area contributed by atoms with E-state index in [0.29, 0.717) is 24.6 Å². The van der Waals surface area contributed by atoms with Crippen LogP contribution in [0.2, 0.25) is 0 Å². The summed E-state index contributed by atoms with van der Waals surface area (Å²) in [5.41, 5.74) is 6.87. The molecule has 0 aliphatic rings. The number of anilines is 2. The van der Waals surface area contributed by atoms with Gasteiger partial charge in [0.25, 0.3) is 0 Å². The van der Waals surface area contributed by atoms with Crippen LogP contribution in [-0.4, -0.2) is 48.7 Å². The maximum atomic E-state index is 10.2. The van der Waals surface area contributed by atoms with Crippen LogP contribution in [0, 0.1) is 27.7 Å². The highest BCUT2D eigenvalue weighted by Gasteiger charge is 2.08. The maximum Gasteiger partial charge on any atom is 0.119 e. The molecule has 182 valence electrons. The van der Waals surface area contributed by atoms with Gasteiger partial charge in [-0.2, -0.15) is 0 Å². The Kier molecular flexibility index (Phi) is 9.19. The lowest BCUT2D eigenvalue weighted by Crippen LogP contribution is -2.26. The average Bonchev–Trinajstić information content (AvgIpc) is 2.83. The van der Waals surface area contributed by atoms with E-state index in [1.807, 2.05) is 12.1 Å². The third-order valence-electron chi connectivity index (χ3n) is 5.81. The summed E-state index contributed by atoms with van der Waals surface area (Å²) in [7, 11) is 0. The zero-order valence-corrected chi connectivity index (χ0v) is 20.5. The number of ether oxygens (including phenoxy) is 2. The summed E-state index contributed by atoms with van der Waals surface area (Å²) in [6.07, 6.45) is -1.28. The molecule has 2 atom stereocenters. The van der Waals surface area contributed by atoms with Gasteiger partial charge in [0.15, 0.2) is 0 Å². The Balaban J connectivity index is 1.35. The summed E-state index contributed by atoms with van der Waals surface area (Å²) in [4.78, 5) is 0. The molecule has 3 rings (SSSR count). The number of benzene rings is 3. The quantitative estimate of drug-likeness (QED) is 0.313. The number of nitrogens with one attached hydrogen (secondary N) is 2. The van der Waals surface area contributed by atoms with Crippen molar-refractivity contribution in [1.82, 2.24) is 0 Å². The van der Waals surface area contributed by atoms with Crippen molar-refractivity contribution in [2.45, 2.75) is 39.9 Å². The van der Waals surface area contributed by atoms with Crippen LogP contribution in [0.5, 0.6) is 11.5 Å². The summed E-state index contributed by atoms with van der Waals surface area (Å²) in [6.45, 7) is 9.45. The Morgan fingerprint density at radius 1 is 0.588 bits per heavy atom. The molecular weight excluding hydrogens is 428 g/mol. The molecule has 0 bridgehead atoms. The largest absolute Gasteiger partial charge is 0.491 e. The zero-order chi connectivity index (χ0) is 24.5. The lowest BCUT2D eigenvalue weighted by molar-refractivity contribution is 0.115. The van der Waals surface area contributed by atoms with Gasteiger partial charge < -0.3 is 30.3 Å². The van der Waals surface area contributed by atoms with Crippen molar-refractivity contribution in [1.29, 1.82) is 0 Å². The molecule has 6 nitrogen and oxygen atoms in total. The second kappa shape index (κ2) is 12.3. The van der Waals surface area contributed by atoms with Crippen molar-refractivity contribution in [2.24, 2.45) is 0 Å². The number of hydrogen-bond donors (Lipinski definition) is 4. The van der Waals surface area contributed by atoms with Gasteiger partial charge in [0.1, 0.15) is 36.9 Å². The van der Waals surface area contributed by atoms with Crippen LogP contribution in [0.3, 0.4) is 0 Å². The summed E-state index contributed by atoms with van der Waals surface area (Å²) >= 11 is 0. The molecule has 0 spiro atoms. The van der Waals surface area contributed by atoms with Crippen LogP contribution in [0.25, 0.3) is 0 Å². The summed E-state index contributed by atoms with van der Waals surface area (Å²) in [6, 6.07) is 19.4. The Morgan fingerprint density at radius 2 is 0.971 bits per heavy atom. The fourth-order valence-electron chi connectivity index (χ4n) is 3.31. The van der Waals surface area contributed by atoms with E-state index in [1.54, 1.807) is 24.3 Å². The molecule has 4 N–H and O–H groups in total. The first-order chi connectivity index (χ1) is 16.3. The van der Waals surface area contributed by atoms with Crippen LogP contribution in [0.4, 0.5) is 11.4 Å². The van der Waals surface area contributed by atoms with Gasteiger partial charge in [-0.3, -0.25) is 0 Å². The molecule has 6 heteroatoms. The lowest BCUT2D eigenvalue weighted by atomic mass is 10.1. The summed E-state index contributed by atoms with van der Waals surface area (Å²) in [5, 5.41) is 26.9. The van der Waals surface area contributed by atoms with Crippen molar-refractivity contribution < 1.29 is 19.7 Å². The molecule has 34 heavy (non-hydrogen) atoms. The maximum absolute atomic E-state index is 10.2. The molecule has 0 saturated heterocycles. The molecule has 0 radical (unpaired) electrons. The summed E-state index contributed by atoms with van der Waals surface area (Å²) in [5.74, 6) is 1.30. The molecule has 0 amide bonds. The number of rotatable bonds is 12. The molecule has 0 fully saturated rings. The van der Waals surface area contributed by atoms with Gasteiger partial charge in [-0.25, -0.2) is 0 Å². The molecule has 0 aromatic heterocycles. The van der Waals surface area contributed by atoms with Crippen molar-refractivity contribution >= 4 is 11.4 Å². The van der Waals surface area contributed by atoms with Crippen molar-refractivity contribution in [3.63, 3.8) is 0 Å². The Morgan fingerprint density at radius 3 is 1.32 bits per heavy atom. The van der Waals surface area contributed by atoms with E-state index in [2.05, 4.69) is 62.6 Å². The van der Waals surface area contributed by atoms with E-state index >= 15 is 0 Å². The highest BCUT2D eigenvalue weighted by molar-refractivity contribution is 5.49. The molecule has 0 aliphatic carbocycles. The second-order valence-electron chi connectivity index (χ2n) is 8.76. The smallest absolute Gasteiger partial charge is 0.119 e. The van der Waals surface area contributed by atoms with Crippen LogP contribution >= 0.6 is 0 Å². The minimum absolute atomic E-state index is 0.181. The third-order valence-corrected chi connectivity index (χ3v) is 5.81. The normalized spacial score (nSPS) is 12.6. The first kappa shape index (κ1) is 25.4. The Hall–Kier alpha value is -3.22. The van der Waals surface area contributed by atoms with Gasteiger partial charge in [-0.05, 0) is 98.5 Å². The van der Waals surface area contributed by atoms with Gasteiger partial charge in [0.05, 0.1) is 0 Å². The predicted octanol–water partition coefficient (Wildman–Crippen LogP) is 4.62. The Bertz CT molecular complexity index is 968. The molecular formula is C28H36N2O4. The first-order valence-corrected chi connectivity index (χ1v) is 11.6. The number of hydrogen-bond acceptors (Lipinski definition) is 6. The third kappa shape index (κ3) is 7.97. The minimum atomic E-state index is -0.641. The van der Waals surface area contributed by atoms with Gasteiger partial charge in [-0.1, -0.05) is 12.1 Å². The lowest BCUT2D eigenvalue weighted by Gasteiger charge is -2.16. The Labute approximate surface area is 202 Å². The van der Waals surface area contributed by atoms with E-state index in [0.717, 1.165) is 11.4 Å². The standard InChI is InChI=1S/C28H36N2O4/c1-19-5-7-23(13-21(19)3)29-15-25(31)17-33-27-9-11-28(12-10-27)34-18-26(32)16-30-24-8-6-20(2)22(4)14-24/h5-14,25-26,29-32H,15-18H2,1-4H3/t25-,26+. The number of aliphatic hydroxyl groups excluding tert-OH is 2. The molecule has 0 unspecified atom stereocenters. The molecule has 3 aromatic rings. The van der Waals surface area contributed by atoms with E-state index in [4.69, 9.17) is 9.47 Å². The zero-order valence-electron chi connectivity index (χ0n) is 20.5. The van der Waals surface area contributed by atoms with Crippen molar-refractivity contribution in [3.8, 4) is 11.5 Å². The van der Waals surface area contributed by atoms with Crippen molar-refractivity contribution in [3.05, 3.63) is 82.9 Å². The molecule has 0 heterocycles. The van der Waals surface area contributed by atoms with Crippen LogP contribution in [0.15, 0.2) is 60.7 Å². The first-order valence-electron chi connectivity index (χ1n) is 11.6. The van der Waals surface area contributed by atoms with Gasteiger partial charge in [-0.15, -0.1) is 0 Å². The highest BCUT2D eigenvalue weighted by atomic mass is 16.5. The molecule has 0 aliphatic heterocycles. The van der Waals surface area contributed by atoms with E-state index in [1.165, 1.54) is 22.3 Å². The van der Waals surface area contributed by atoms with Crippen LogP contribution in [-0.2, 0) is 0 Å².